The molecule has 0 unspecified atom stereocenters. The molecule has 50 valence electrons. The lowest BCUT2D eigenvalue weighted by molar-refractivity contribution is -0.394. The lowest BCUT2D eigenvalue weighted by Gasteiger charge is -1.79. The normalized spacial score (nSPS) is 8.00. The summed E-state index contributed by atoms with van der Waals surface area (Å²) in [6.45, 7) is 0. The zero-order valence-corrected chi connectivity index (χ0v) is 4.83. The number of aromatic nitrogens is 4. The van der Waals surface area contributed by atoms with Crippen LogP contribution in [0.1, 0.15) is 0 Å². The van der Waals surface area contributed by atoms with Gasteiger partial charge in [0.05, 0.1) is 5.10 Å². The van der Waals surface area contributed by atoms with E-state index in [1.165, 1.54) is 0 Å². The molecule has 0 saturated carbocycles. The van der Waals surface area contributed by atoms with Crippen LogP contribution in [0.3, 0.4) is 0 Å². The van der Waals surface area contributed by atoms with Gasteiger partial charge in [-0.1, -0.05) is 5.21 Å². The van der Waals surface area contributed by atoms with E-state index in [0.717, 1.165) is 0 Å². The third kappa shape index (κ3) is 1.61. The Labute approximate surface area is 55.0 Å². The minimum Gasteiger partial charge on any atom is -0.390 e. The third-order valence-electron chi connectivity index (χ3n) is 0.497. The SMILES string of the molecule is Cl.O=[N+]([O-])c1nn[nH]n1. The minimum absolute atomic E-state index is 0. The number of aromatic amines is 1. The molecular weight excluding hydrogens is 149 g/mol. The second-order valence-corrected chi connectivity index (χ2v) is 0.969. The van der Waals surface area contributed by atoms with E-state index in [0.29, 0.717) is 0 Å². The Morgan fingerprint density at radius 3 is 2.56 bits per heavy atom. The van der Waals surface area contributed by atoms with Gasteiger partial charge in [-0.15, -0.1) is 12.4 Å². The van der Waals surface area contributed by atoms with Crippen LogP contribution < -0.4 is 0 Å². The van der Waals surface area contributed by atoms with Gasteiger partial charge in [0.2, 0.25) is 0 Å². The summed E-state index contributed by atoms with van der Waals surface area (Å²) >= 11 is 0. The molecule has 1 aromatic rings. The summed E-state index contributed by atoms with van der Waals surface area (Å²) < 4.78 is 0. The van der Waals surface area contributed by atoms with Gasteiger partial charge in [0.1, 0.15) is 0 Å². The highest BCUT2D eigenvalue weighted by Crippen LogP contribution is 1.91. The van der Waals surface area contributed by atoms with Crippen LogP contribution in [0.2, 0.25) is 0 Å². The van der Waals surface area contributed by atoms with Crippen molar-refractivity contribution in [1.82, 2.24) is 20.6 Å². The second-order valence-electron chi connectivity index (χ2n) is 0.969. The van der Waals surface area contributed by atoms with Crippen LogP contribution >= 0.6 is 12.4 Å². The van der Waals surface area contributed by atoms with Crippen molar-refractivity contribution in [3.63, 3.8) is 0 Å². The van der Waals surface area contributed by atoms with E-state index in [-0.39, 0.29) is 12.4 Å². The van der Waals surface area contributed by atoms with Gasteiger partial charge in [-0.3, -0.25) is 0 Å². The predicted octanol–water partition coefficient (Wildman–Crippen LogP) is -0.470. The molecule has 1 aromatic heterocycles. The van der Waals surface area contributed by atoms with Crippen LogP contribution in [0.15, 0.2) is 0 Å². The van der Waals surface area contributed by atoms with Crippen LogP contribution in [0.4, 0.5) is 5.95 Å². The van der Waals surface area contributed by atoms with Crippen LogP contribution in [0.25, 0.3) is 0 Å². The molecule has 1 N–H and O–H groups in total. The van der Waals surface area contributed by atoms with E-state index in [2.05, 4.69) is 15.4 Å². The molecular formula is CH2ClN5O2. The van der Waals surface area contributed by atoms with Gasteiger partial charge in [-0.2, -0.15) is 0 Å². The van der Waals surface area contributed by atoms with E-state index in [9.17, 15) is 10.1 Å². The summed E-state index contributed by atoms with van der Waals surface area (Å²) in [7, 11) is 0. The quantitative estimate of drug-likeness (QED) is 0.432. The van der Waals surface area contributed by atoms with Crippen LogP contribution in [-0.4, -0.2) is 25.5 Å². The van der Waals surface area contributed by atoms with Crippen LogP contribution in [-0.2, 0) is 0 Å². The lowest BCUT2D eigenvalue weighted by Crippen LogP contribution is -1.88. The number of rotatable bonds is 1. The largest absolute Gasteiger partial charge is 0.514 e. The van der Waals surface area contributed by atoms with E-state index in [1.54, 1.807) is 0 Å². The van der Waals surface area contributed by atoms with Crippen molar-refractivity contribution in [2.75, 3.05) is 0 Å². The van der Waals surface area contributed by atoms with E-state index >= 15 is 0 Å². The molecule has 0 aliphatic carbocycles. The van der Waals surface area contributed by atoms with Crippen molar-refractivity contribution in [3.05, 3.63) is 10.1 Å². The molecule has 1 rings (SSSR count). The molecule has 0 fully saturated rings. The Hall–Kier alpha value is -1.24. The predicted molar refractivity (Wildman–Crippen MR) is 28.1 cm³/mol. The number of halogens is 1. The van der Waals surface area contributed by atoms with Crippen molar-refractivity contribution >= 4 is 18.4 Å². The van der Waals surface area contributed by atoms with Gasteiger partial charge in [-0.05, 0) is 4.92 Å². The molecule has 1 heterocycles. The van der Waals surface area contributed by atoms with Crippen molar-refractivity contribution < 1.29 is 4.92 Å². The second kappa shape index (κ2) is 2.92. The van der Waals surface area contributed by atoms with Gasteiger partial charge in [0, 0.05) is 10.3 Å². The average molecular weight is 152 g/mol. The fourth-order valence-corrected chi connectivity index (χ4v) is 0.234. The highest BCUT2D eigenvalue weighted by Gasteiger charge is 2.08. The maximum absolute atomic E-state index is 9.68. The minimum atomic E-state index is -0.733. The number of nitrogens with one attached hydrogen (secondary N) is 1. The highest BCUT2D eigenvalue weighted by molar-refractivity contribution is 5.85. The number of nitro groups is 1. The number of tetrazole rings is 1. The molecule has 0 atom stereocenters. The first-order valence-electron chi connectivity index (χ1n) is 1.68. The monoisotopic (exact) mass is 151 g/mol. The molecule has 0 radical (unpaired) electrons. The van der Waals surface area contributed by atoms with Gasteiger partial charge in [0.25, 0.3) is 0 Å². The van der Waals surface area contributed by atoms with E-state index in [1.807, 2.05) is 5.21 Å². The molecule has 0 aromatic carbocycles. The maximum atomic E-state index is 9.68. The number of hydrogen-bond donors (Lipinski definition) is 1. The fourth-order valence-electron chi connectivity index (χ4n) is 0.234. The smallest absolute Gasteiger partial charge is 0.390 e. The Morgan fingerprint density at radius 1 is 1.67 bits per heavy atom. The Bertz CT molecular complexity index is 183. The summed E-state index contributed by atoms with van der Waals surface area (Å²) in [6.07, 6.45) is 0. The highest BCUT2D eigenvalue weighted by atomic mass is 35.5. The van der Waals surface area contributed by atoms with Gasteiger partial charge >= 0.3 is 5.95 Å². The lowest BCUT2D eigenvalue weighted by atomic mass is 11.1. The van der Waals surface area contributed by atoms with Crippen LogP contribution in [0, 0.1) is 10.1 Å². The topological polar surface area (TPSA) is 97.6 Å². The zero-order valence-electron chi connectivity index (χ0n) is 4.01. The molecule has 0 aliphatic heterocycles. The first-order chi connectivity index (χ1) is 3.80. The molecule has 0 aliphatic rings. The molecule has 8 heteroatoms. The van der Waals surface area contributed by atoms with Gasteiger partial charge in [0.15, 0.2) is 0 Å². The molecule has 0 bridgehead atoms. The van der Waals surface area contributed by atoms with E-state index in [4.69, 9.17) is 0 Å². The van der Waals surface area contributed by atoms with Gasteiger partial charge < -0.3 is 10.1 Å². The van der Waals surface area contributed by atoms with Crippen molar-refractivity contribution in [2.45, 2.75) is 0 Å². The Balaban J connectivity index is 0.000000640. The van der Waals surface area contributed by atoms with Crippen molar-refractivity contribution in [3.8, 4) is 0 Å². The summed E-state index contributed by atoms with van der Waals surface area (Å²) in [4.78, 5) is 8.95. The zero-order chi connectivity index (χ0) is 5.98. The number of H-pyrrole nitrogens is 1. The summed E-state index contributed by atoms with van der Waals surface area (Å²) in [5.74, 6) is -0.509. The summed E-state index contributed by atoms with van der Waals surface area (Å²) in [5.41, 5.74) is 0. The summed E-state index contributed by atoms with van der Waals surface area (Å²) in [5, 5.41) is 20.7. The third-order valence-corrected chi connectivity index (χ3v) is 0.497. The standard InChI is InChI=1S/CHN5O2.ClH/c7-6(8)1-2-4-5-3-1;/h(H,2,3,4,5);1H. The Morgan fingerprint density at radius 2 is 2.33 bits per heavy atom. The fraction of sp³-hybridized carbons (Fsp3) is 0. The maximum Gasteiger partial charge on any atom is 0.514 e. The summed E-state index contributed by atoms with van der Waals surface area (Å²) in [6, 6.07) is 0. The first-order valence-corrected chi connectivity index (χ1v) is 1.68. The average Bonchev–Trinajstić information content (AvgIpc) is 2.12. The number of nitrogens with zero attached hydrogens (tertiary/aromatic N) is 4. The Kier molecular flexibility index (Phi) is 2.52. The molecule has 0 spiro atoms. The van der Waals surface area contributed by atoms with Gasteiger partial charge in [-0.25, -0.2) is 0 Å². The molecule has 0 amide bonds. The van der Waals surface area contributed by atoms with Crippen molar-refractivity contribution in [1.29, 1.82) is 0 Å². The van der Waals surface area contributed by atoms with Crippen LogP contribution in [0.5, 0.6) is 0 Å². The molecule has 7 nitrogen and oxygen atoms in total. The number of hydrogen-bond acceptors (Lipinski definition) is 5. The van der Waals surface area contributed by atoms with Crippen molar-refractivity contribution in [2.24, 2.45) is 0 Å². The first kappa shape index (κ1) is 7.76. The molecule has 9 heavy (non-hydrogen) atoms. The molecule has 0 saturated heterocycles. The van der Waals surface area contributed by atoms with E-state index < -0.39 is 10.9 Å².